The SMILES string of the molecule is C=CCC(C)C(C)NCCc1ccccc1. The van der Waals surface area contributed by atoms with Crippen LogP contribution in [0.2, 0.25) is 0 Å². The Hall–Kier alpha value is -1.08. The Morgan fingerprint density at radius 2 is 1.94 bits per heavy atom. The first-order valence-corrected chi connectivity index (χ1v) is 6.12. The van der Waals surface area contributed by atoms with Crippen LogP contribution in [-0.2, 0) is 6.42 Å². The van der Waals surface area contributed by atoms with Crippen LogP contribution in [0, 0.1) is 5.92 Å². The molecule has 2 unspecified atom stereocenters. The fraction of sp³-hybridized carbons (Fsp3) is 0.467. The van der Waals surface area contributed by atoms with Gasteiger partial charge in [0.05, 0.1) is 0 Å². The van der Waals surface area contributed by atoms with Crippen LogP contribution in [0.15, 0.2) is 43.0 Å². The van der Waals surface area contributed by atoms with Gasteiger partial charge >= 0.3 is 0 Å². The number of hydrogen-bond acceptors (Lipinski definition) is 1. The van der Waals surface area contributed by atoms with Crippen molar-refractivity contribution in [2.75, 3.05) is 6.54 Å². The summed E-state index contributed by atoms with van der Waals surface area (Å²) in [6, 6.07) is 11.2. The van der Waals surface area contributed by atoms with E-state index in [0.29, 0.717) is 12.0 Å². The minimum Gasteiger partial charge on any atom is -0.314 e. The smallest absolute Gasteiger partial charge is 0.00674 e. The largest absolute Gasteiger partial charge is 0.314 e. The minimum absolute atomic E-state index is 0.557. The Bertz CT molecular complexity index is 292. The van der Waals surface area contributed by atoms with Crippen molar-refractivity contribution >= 4 is 0 Å². The van der Waals surface area contributed by atoms with Gasteiger partial charge in [-0.3, -0.25) is 0 Å². The second-order valence-corrected chi connectivity index (χ2v) is 4.48. The normalized spacial score (nSPS) is 14.4. The van der Waals surface area contributed by atoms with E-state index in [0.717, 1.165) is 19.4 Å². The highest BCUT2D eigenvalue weighted by atomic mass is 14.9. The first-order valence-electron chi connectivity index (χ1n) is 6.12. The highest BCUT2D eigenvalue weighted by molar-refractivity contribution is 5.14. The van der Waals surface area contributed by atoms with Crippen LogP contribution in [0.5, 0.6) is 0 Å². The van der Waals surface area contributed by atoms with Gasteiger partial charge < -0.3 is 5.32 Å². The molecule has 0 spiro atoms. The maximum Gasteiger partial charge on any atom is 0.00674 e. The molecule has 1 aromatic rings. The predicted octanol–water partition coefficient (Wildman–Crippen LogP) is 3.42. The summed E-state index contributed by atoms with van der Waals surface area (Å²) in [7, 11) is 0. The number of hydrogen-bond donors (Lipinski definition) is 1. The van der Waals surface area contributed by atoms with E-state index in [1.165, 1.54) is 5.56 Å². The highest BCUT2D eigenvalue weighted by Gasteiger charge is 2.08. The lowest BCUT2D eigenvalue weighted by molar-refractivity contribution is 0.406. The first kappa shape index (κ1) is 13.0. The molecular formula is C15H23N. The third kappa shape index (κ3) is 4.63. The highest BCUT2D eigenvalue weighted by Crippen LogP contribution is 2.08. The molecule has 0 saturated heterocycles. The molecule has 0 amide bonds. The molecule has 1 heteroatoms. The molecule has 1 nitrogen and oxygen atoms in total. The number of rotatable bonds is 7. The number of nitrogens with one attached hydrogen (secondary N) is 1. The lowest BCUT2D eigenvalue weighted by Gasteiger charge is -2.20. The average molecular weight is 217 g/mol. The summed E-state index contributed by atoms with van der Waals surface area (Å²) in [6.45, 7) is 9.35. The van der Waals surface area contributed by atoms with Gasteiger partial charge in [-0.25, -0.2) is 0 Å². The molecule has 2 atom stereocenters. The maximum absolute atomic E-state index is 3.78. The Morgan fingerprint density at radius 3 is 2.56 bits per heavy atom. The molecular weight excluding hydrogens is 194 g/mol. The standard InChI is InChI=1S/C15H23N/c1-4-8-13(2)14(3)16-12-11-15-9-6-5-7-10-15/h4-7,9-10,13-14,16H,1,8,11-12H2,2-3H3. The van der Waals surface area contributed by atoms with Crippen LogP contribution in [0.4, 0.5) is 0 Å². The van der Waals surface area contributed by atoms with Gasteiger partial charge in [-0.1, -0.05) is 43.3 Å². The molecule has 88 valence electrons. The van der Waals surface area contributed by atoms with Crippen molar-refractivity contribution < 1.29 is 0 Å². The molecule has 1 rings (SSSR count). The fourth-order valence-corrected chi connectivity index (χ4v) is 1.76. The average Bonchev–Trinajstić information content (AvgIpc) is 2.30. The van der Waals surface area contributed by atoms with Crippen molar-refractivity contribution in [3.05, 3.63) is 48.6 Å². The summed E-state index contributed by atoms with van der Waals surface area (Å²) in [4.78, 5) is 0. The lowest BCUT2D eigenvalue weighted by atomic mass is 10.00. The topological polar surface area (TPSA) is 12.0 Å². The van der Waals surface area contributed by atoms with E-state index >= 15 is 0 Å². The molecule has 0 fully saturated rings. The number of benzene rings is 1. The molecule has 0 radical (unpaired) electrons. The van der Waals surface area contributed by atoms with Crippen LogP contribution in [0.25, 0.3) is 0 Å². The Kier molecular flexibility index (Phi) is 5.87. The quantitative estimate of drug-likeness (QED) is 0.690. The zero-order valence-corrected chi connectivity index (χ0v) is 10.4. The monoisotopic (exact) mass is 217 g/mol. The Labute approximate surface area is 99.6 Å². The molecule has 1 aromatic carbocycles. The van der Waals surface area contributed by atoms with Crippen LogP contribution in [-0.4, -0.2) is 12.6 Å². The third-order valence-electron chi connectivity index (χ3n) is 3.11. The van der Waals surface area contributed by atoms with Gasteiger partial charge in [0.2, 0.25) is 0 Å². The second-order valence-electron chi connectivity index (χ2n) is 4.48. The van der Waals surface area contributed by atoms with E-state index in [4.69, 9.17) is 0 Å². The zero-order chi connectivity index (χ0) is 11.8. The van der Waals surface area contributed by atoms with Crippen molar-refractivity contribution in [1.29, 1.82) is 0 Å². The summed E-state index contributed by atoms with van der Waals surface area (Å²) in [6.07, 6.45) is 4.19. The predicted molar refractivity (Wildman–Crippen MR) is 71.6 cm³/mol. The van der Waals surface area contributed by atoms with Crippen LogP contribution < -0.4 is 5.32 Å². The van der Waals surface area contributed by atoms with Crippen LogP contribution >= 0.6 is 0 Å². The molecule has 0 aromatic heterocycles. The van der Waals surface area contributed by atoms with Crippen LogP contribution in [0.1, 0.15) is 25.8 Å². The molecule has 0 aliphatic carbocycles. The van der Waals surface area contributed by atoms with Crippen molar-refractivity contribution in [3.8, 4) is 0 Å². The van der Waals surface area contributed by atoms with Gasteiger partial charge in [0.25, 0.3) is 0 Å². The van der Waals surface area contributed by atoms with Crippen molar-refractivity contribution in [3.63, 3.8) is 0 Å². The van der Waals surface area contributed by atoms with Crippen molar-refractivity contribution in [2.24, 2.45) is 5.92 Å². The van der Waals surface area contributed by atoms with Crippen molar-refractivity contribution in [1.82, 2.24) is 5.32 Å². The van der Waals surface area contributed by atoms with Gasteiger partial charge in [-0.05, 0) is 37.8 Å². The number of allylic oxidation sites excluding steroid dienone is 1. The molecule has 0 bridgehead atoms. The summed E-state index contributed by atoms with van der Waals surface area (Å²) in [5.41, 5.74) is 1.40. The maximum atomic E-state index is 3.78. The minimum atomic E-state index is 0.557. The molecule has 0 aliphatic rings. The van der Waals surface area contributed by atoms with E-state index in [1.807, 2.05) is 6.08 Å². The molecule has 1 N–H and O–H groups in total. The van der Waals surface area contributed by atoms with E-state index in [2.05, 4.69) is 56.1 Å². The third-order valence-corrected chi connectivity index (χ3v) is 3.11. The van der Waals surface area contributed by atoms with Gasteiger partial charge in [0.15, 0.2) is 0 Å². The Balaban J connectivity index is 2.22. The molecule has 0 saturated carbocycles. The van der Waals surface area contributed by atoms with Crippen molar-refractivity contribution in [2.45, 2.75) is 32.7 Å². The molecule has 0 aliphatic heterocycles. The fourth-order valence-electron chi connectivity index (χ4n) is 1.76. The molecule has 0 heterocycles. The summed E-state index contributed by atoms with van der Waals surface area (Å²) in [5, 5.41) is 3.57. The summed E-state index contributed by atoms with van der Waals surface area (Å²) in [5.74, 6) is 0.660. The van der Waals surface area contributed by atoms with E-state index in [1.54, 1.807) is 0 Å². The zero-order valence-electron chi connectivity index (χ0n) is 10.4. The molecule has 16 heavy (non-hydrogen) atoms. The second kappa shape index (κ2) is 7.24. The van der Waals surface area contributed by atoms with E-state index in [9.17, 15) is 0 Å². The summed E-state index contributed by atoms with van der Waals surface area (Å²) < 4.78 is 0. The van der Waals surface area contributed by atoms with Gasteiger partial charge in [-0.2, -0.15) is 0 Å². The summed E-state index contributed by atoms with van der Waals surface area (Å²) >= 11 is 0. The van der Waals surface area contributed by atoms with E-state index in [-0.39, 0.29) is 0 Å². The lowest BCUT2D eigenvalue weighted by Crippen LogP contribution is -2.33. The van der Waals surface area contributed by atoms with Gasteiger partial charge in [0.1, 0.15) is 0 Å². The Morgan fingerprint density at radius 1 is 1.25 bits per heavy atom. The van der Waals surface area contributed by atoms with Gasteiger partial charge in [-0.15, -0.1) is 6.58 Å². The van der Waals surface area contributed by atoms with Gasteiger partial charge in [0, 0.05) is 6.04 Å². The van der Waals surface area contributed by atoms with E-state index < -0.39 is 0 Å². The first-order chi connectivity index (χ1) is 7.74. The van der Waals surface area contributed by atoms with Crippen LogP contribution in [0.3, 0.4) is 0 Å².